The van der Waals surface area contributed by atoms with E-state index in [2.05, 4.69) is 121 Å². The summed E-state index contributed by atoms with van der Waals surface area (Å²) in [5.41, 5.74) is 7.49. The Balaban J connectivity index is 1.55. The summed E-state index contributed by atoms with van der Waals surface area (Å²) in [7, 11) is 0. The molecule has 0 saturated heterocycles. The summed E-state index contributed by atoms with van der Waals surface area (Å²) >= 11 is 0. The van der Waals surface area contributed by atoms with E-state index in [1.54, 1.807) is 0 Å². The number of hydrogen-bond acceptors (Lipinski definition) is 0. The second kappa shape index (κ2) is 6.60. The van der Waals surface area contributed by atoms with Gasteiger partial charge in [0.05, 0.1) is 11.0 Å². The predicted molar refractivity (Wildman–Crippen MR) is 128 cm³/mol. The maximum Gasteiger partial charge on any atom is 0.0541 e. The molecule has 0 unspecified atom stereocenters. The molecule has 0 spiro atoms. The third-order valence-electron chi connectivity index (χ3n) is 6.05. The zero-order valence-corrected chi connectivity index (χ0v) is 16.8. The molecule has 0 aliphatic rings. The summed E-state index contributed by atoms with van der Waals surface area (Å²) in [5, 5.41) is 5.18. The molecule has 0 atom stereocenters. The summed E-state index contributed by atoms with van der Waals surface area (Å²) in [6.45, 7) is 2.16. The Hall–Kier alpha value is -3.84. The van der Waals surface area contributed by atoms with E-state index in [-0.39, 0.29) is 0 Å². The molecule has 1 heterocycles. The smallest absolute Gasteiger partial charge is 0.0541 e. The molecule has 0 fully saturated rings. The molecule has 0 radical (unpaired) electrons. The lowest BCUT2D eigenvalue weighted by Gasteiger charge is -2.11. The van der Waals surface area contributed by atoms with Crippen molar-refractivity contribution in [3.63, 3.8) is 0 Å². The lowest BCUT2D eigenvalue weighted by Crippen LogP contribution is -1.93. The third kappa shape index (κ3) is 2.56. The van der Waals surface area contributed by atoms with E-state index in [1.807, 2.05) is 0 Å². The van der Waals surface area contributed by atoms with Crippen LogP contribution in [0, 0.1) is 6.92 Å². The van der Waals surface area contributed by atoms with E-state index in [0.717, 1.165) is 0 Å². The molecule has 1 nitrogen and oxygen atoms in total. The number of fused-ring (bicyclic) bond motifs is 4. The quantitative estimate of drug-likeness (QED) is 0.286. The zero-order valence-electron chi connectivity index (χ0n) is 16.8. The second-order valence-corrected chi connectivity index (χ2v) is 7.95. The molecule has 0 amide bonds. The number of benzene rings is 5. The minimum atomic E-state index is 1.19. The van der Waals surface area contributed by atoms with E-state index < -0.39 is 0 Å². The Kier molecular flexibility index (Phi) is 3.75. The average Bonchev–Trinajstić information content (AvgIpc) is 3.12. The van der Waals surface area contributed by atoms with Crippen LogP contribution in [0.1, 0.15) is 5.56 Å². The van der Waals surface area contributed by atoms with Gasteiger partial charge in [-0.1, -0.05) is 84.4 Å². The van der Waals surface area contributed by atoms with Crippen LogP contribution in [0.5, 0.6) is 0 Å². The summed E-state index contributed by atoms with van der Waals surface area (Å²) in [4.78, 5) is 0. The molecular weight excluding hydrogens is 362 g/mol. The van der Waals surface area contributed by atoms with Gasteiger partial charge in [0.2, 0.25) is 0 Å². The maximum absolute atomic E-state index is 2.37. The summed E-state index contributed by atoms with van der Waals surface area (Å²) < 4.78 is 2.37. The number of hydrogen-bond donors (Lipinski definition) is 0. The predicted octanol–water partition coefficient (Wildman–Crippen LogP) is 7.91. The van der Waals surface area contributed by atoms with E-state index in [0.29, 0.717) is 0 Å². The highest BCUT2D eigenvalue weighted by Gasteiger charge is 2.12. The molecule has 1 heteroatoms. The van der Waals surface area contributed by atoms with Crippen LogP contribution in [0.4, 0.5) is 0 Å². The summed E-state index contributed by atoms with van der Waals surface area (Å²) in [5.74, 6) is 0. The lowest BCUT2D eigenvalue weighted by molar-refractivity contribution is 1.18. The van der Waals surface area contributed by atoms with Gasteiger partial charge in [-0.15, -0.1) is 0 Å². The SMILES string of the molecule is Cc1ccc2c(c1)c1ccccc1n2-c1ccc(-c2cccc3ccccc23)cc1. The van der Waals surface area contributed by atoms with Crippen LogP contribution >= 0.6 is 0 Å². The summed E-state index contributed by atoms with van der Waals surface area (Å²) in [6, 6.07) is 39.5. The minimum absolute atomic E-state index is 1.19. The van der Waals surface area contributed by atoms with Crippen LogP contribution in [0.2, 0.25) is 0 Å². The molecule has 5 aromatic carbocycles. The topological polar surface area (TPSA) is 4.93 Å². The van der Waals surface area contributed by atoms with Crippen molar-refractivity contribution in [2.24, 2.45) is 0 Å². The lowest BCUT2D eigenvalue weighted by atomic mass is 9.98. The molecule has 0 saturated carbocycles. The fourth-order valence-electron chi connectivity index (χ4n) is 4.63. The van der Waals surface area contributed by atoms with Crippen LogP contribution in [-0.4, -0.2) is 4.57 Å². The number of para-hydroxylation sites is 1. The number of rotatable bonds is 2. The second-order valence-electron chi connectivity index (χ2n) is 7.95. The molecule has 0 bridgehead atoms. The first-order valence-corrected chi connectivity index (χ1v) is 10.4. The highest BCUT2D eigenvalue weighted by molar-refractivity contribution is 6.09. The molecule has 0 N–H and O–H groups in total. The largest absolute Gasteiger partial charge is 0.309 e. The van der Waals surface area contributed by atoms with Crippen molar-refractivity contribution >= 4 is 32.6 Å². The van der Waals surface area contributed by atoms with Crippen LogP contribution in [-0.2, 0) is 0 Å². The Labute approximate surface area is 175 Å². The first-order chi connectivity index (χ1) is 14.8. The van der Waals surface area contributed by atoms with Gasteiger partial charge in [-0.25, -0.2) is 0 Å². The minimum Gasteiger partial charge on any atom is -0.309 e. The van der Waals surface area contributed by atoms with Gasteiger partial charge in [-0.3, -0.25) is 0 Å². The summed E-state index contributed by atoms with van der Waals surface area (Å²) in [6.07, 6.45) is 0. The normalized spacial score (nSPS) is 11.5. The number of aromatic nitrogens is 1. The van der Waals surface area contributed by atoms with Crippen molar-refractivity contribution < 1.29 is 0 Å². The van der Waals surface area contributed by atoms with Gasteiger partial charge in [0.1, 0.15) is 0 Å². The van der Waals surface area contributed by atoms with Gasteiger partial charge in [0, 0.05) is 16.5 Å². The van der Waals surface area contributed by atoms with E-state index in [9.17, 15) is 0 Å². The molecule has 142 valence electrons. The van der Waals surface area contributed by atoms with Crippen LogP contribution in [0.25, 0.3) is 49.4 Å². The number of nitrogens with zero attached hydrogens (tertiary/aromatic N) is 1. The van der Waals surface area contributed by atoms with Crippen molar-refractivity contribution in [3.8, 4) is 16.8 Å². The fraction of sp³-hybridized carbons (Fsp3) is 0.0345. The van der Waals surface area contributed by atoms with Crippen molar-refractivity contribution in [3.05, 3.63) is 115 Å². The van der Waals surface area contributed by atoms with Crippen molar-refractivity contribution in [2.45, 2.75) is 6.92 Å². The van der Waals surface area contributed by atoms with Crippen molar-refractivity contribution in [1.29, 1.82) is 0 Å². The Morgan fingerprint density at radius 3 is 2.10 bits per heavy atom. The molecule has 0 aliphatic heterocycles. The van der Waals surface area contributed by atoms with Gasteiger partial charge in [-0.2, -0.15) is 0 Å². The number of aryl methyl sites for hydroxylation is 1. The first-order valence-electron chi connectivity index (χ1n) is 10.4. The van der Waals surface area contributed by atoms with Crippen LogP contribution in [0.3, 0.4) is 0 Å². The Bertz CT molecular complexity index is 1530. The van der Waals surface area contributed by atoms with E-state index in [4.69, 9.17) is 0 Å². The molecule has 0 aliphatic carbocycles. The Morgan fingerprint density at radius 2 is 1.23 bits per heavy atom. The van der Waals surface area contributed by atoms with Crippen LogP contribution in [0.15, 0.2) is 109 Å². The fourth-order valence-corrected chi connectivity index (χ4v) is 4.63. The standard InChI is InChI=1S/C29H21N/c1-20-13-18-29-27(19-20)26-10-4-5-12-28(26)30(29)23-16-14-22(15-17-23)25-11-6-8-21-7-2-3-9-24(21)25/h2-19H,1H3. The van der Waals surface area contributed by atoms with E-state index in [1.165, 1.54) is 55.0 Å². The molecular formula is C29H21N. The third-order valence-corrected chi connectivity index (χ3v) is 6.05. The highest BCUT2D eigenvalue weighted by atomic mass is 15.0. The highest BCUT2D eigenvalue weighted by Crippen LogP contribution is 2.34. The van der Waals surface area contributed by atoms with Crippen molar-refractivity contribution in [1.82, 2.24) is 4.57 Å². The van der Waals surface area contributed by atoms with Gasteiger partial charge < -0.3 is 4.57 Å². The van der Waals surface area contributed by atoms with Gasteiger partial charge in [0.15, 0.2) is 0 Å². The zero-order chi connectivity index (χ0) is 20.1. The van der Waals surface area contributed by atoms with Gasteiger partial charge in [-0.05, 0) is 59.2 Å². The van der Waals surface area contributed by atoms with E-state index >= 15 is 0 Å². The van der Waals surface area contributed by atoms with Crippen molar-refractivity contribution in [2.75, 3.05) is 0 Å². The monoisotopic (exact) mass is 383 g/mol. The molecule has 30 heavy (non-hydrogen) atoms. The van der Waals surface area contributed by atoms with Crippen LogP contribution < -0.4 is 0 Å². The molecule has 6 rings (SSSR count). The Morgan fingerprint density at radius 1 is 0.533 bits per heavy atom. The average molecular weight is 383 g/mol. The maximum atomic E-state index is 2.37. The van der Waals surface area contributed by atoms with Gasteiger partial charge >= 0.3 is 0 Å². The molecule has 1 aromatic heterocycles. The van der Waals surface area contributed by atoms with Gasteiger partial charge in [0.25, 0.3) is 0 Å². The molecule has 6 aromatic rings. The first kappa shape index (κ1) is 17.1.